The molecule has 2 heterocycles. The van der Waals surface area contributed by atoms with Crippen LogP contribution in [0.15, 0.2) is 23.1 Å². The van der Waals surface area contributed by atoms with Crippen molar-refractivity contribution in [2.75, 3.05) is 13.2 Å². The summed E-state index contributed by atoms with van der Waals surface area (Å²) in [6, 6.07) is 6.09. The zero-order valence-corrected chi connectivity index (χ0v) is 18.3. The van der Waals surface area contributed by atoms with Gasteiger partial charge in [-0.15, -0.1) is 11.8 Å². The maximum Gasteiger partial charge on any atom is 0.150 e. The largest absolute Gasteiger partial charge is 0.381 e. The zero-order chi connectivity index (χ0) is 20.5. The summed E-state index contributed by atoms with van der Waals surface area (Å²) >= 11 is 1.31. The van der Waals surface area contributed by atoms with Crippen molar-refractivity contribution >= 4 is 34.4 Å². The number of benzene rings is 1. The van der Waals surface area contributed by atoms with Gasteiger partial charge >= 0.3 is 0 Å². The maximum atomic E-state index is 11.8. The van der Waals surface area contributed by atoms with Crippen LogP contribution in [0.2, 0.25) is 0 Å². The number of thioether (sulfide) groups is 1. The van der Waals surface area contributed by atoms with Crippen LogP contribution >= 0.6 is 11.8 Å². The predicted octanol–water partition coefficient (Wildman–Crippen LogP) is 4.40. The van der Waals surface area contributed by atoms with E-state index in [2.05, 4.69) is 31.4 Å². The molecule has 1 aliphatic rings. The molecule has 1 aromatic carbocycles. The predicted molar refractivity (Wildman–Crippen MR) is 113 cm³/mol. The second kappa shape index (κ2) is 8.37. The number of hydrogen-bond donors (Lipinski definition) is 0. The van der Waals surface area contributed by atoms with Gasteiger partial charge in [0.1, 0.15) is 11.1 Å². The van der Waals surface area contributed by atoms with E-state index in [-0.39, 0.29) is 17.0 Å². The zero-order valence-electron chi connectivity index (χ0n) is 17.4. The highest BCUT2D eigenvalue weighted by Gasteiger charge is 2.26. The quantitative estimate of drug-likeness (QED) is 0.529. The Morgan fingerprint density at radius 3 is 2.43 bits per heavy atom. The lowest BCUT2D eigenvalue weighted by Gasteiger charge is -2.26. The minimum absolute atomic E-state index is 0.0706. The third-order valence-corrected chi connectivity index (χ3v) is 6.59. The lowest BCUT2D eigenvalue weighted by atomic mass is 9.94. The number of rotatable bonds is 6. The van der Waals surface area contributed by atoms with Crippen LogP contribution in [-0.2, 0) is 26.3 Å². The molecule has 0 saturated carbocycles. The standard InChI is InChI=1S/C22H30N2O3S/c1-14(25)20(15(2)26)28-17-6-7-19-18(12-17)23-21(22(3,4)5)24(19)13-16-8-10-27-11-9-16/h6-7,12,16,20H,8-11,13H2,1-5H3. The third-order valence-electron chi connectivity index (χ3n) is 5.16. The molecule has 1 saturated heterocycles. The van der Waals surface area contributed by atoms with Crippen molar-refractivity contribution in [3.63, 3.8) is 0 Å². The fraction of sp³-hybridized carbons (Fsp3) is 0.591. The molecular formula is C22H30N2O3S. The Kier molecular flexibility index (Phi) is 6.30. The molecule has 0 aliphatic carbocycles. The third kappa shape index (κ3) is 4.66. The molecule has 28 heavy (non-hydrogen) atoms. The first-order valence-corrected chi connectivity index (χ1v) is 10.8. The minimum atomic E-state index is -0.649. The molecule has 6 heteroatoms. The number of carbonyl (C=O) groups excluding carboxylic acids is 2. The molecule has 3 rings (SSSR count). The number of carbonyl (C=O) groups is 2. The Morgan fingerprint density at radius 2 is 1.86 bits per heavy atom. The Hall–Kier alpha value is -1.66. The lowest BCUT2D eigenvalue weighted by molar-refractivity contribution is -0.123. The Labute approximate surface area is 171 Å². The van der Waals surface area contributed by atoms with Gasteiger partial charge in [-0.2, -0.15) is 0 Å². The topological polar surface area (TPSA) is 61.2 Å². The van der Waals surface area contributed by atoms with Crippen LogP contribution in [0.3, 0.4) is 0 Å². The molecule has 0 radical (unpaired) electrons. The van der Waals surface area contributed by atoms with E-state index < -0.39 is 5.25 Å². The number of Topliss-reactive ketones (excluding diaryl/α,β-unsaturated/α-hetero) is 2. The fourth-order valence-corrected chi connectivity index (χ4v) is 4.65. The number of imidazole rings is 1. The summed E-state index contributed by atoms with van der Waals surface area (Å²) < 4.78 is 7.87. The molecule has 152 valence electrons. The number of aromatic nitrogens is 2. The number of fused-ring (bicyclic) bond motifs is 1. The normalized spacial score (nSPS) is 16.1. The molecule has 0 unspecified atom stereocenters. The molecule has 1 aliphatic heterocycles. The van der Waals surface area contributed by atoms with Crippen molar-refractivity contribution in [2.24, 2.45) is 5.92 Å². The van der Waals surface area contributed by atoms with E-state index in [9.17, 15) is 9.59 Å². The van der Waals surface area contributed by atoms with E-state index >= 15 is 0 Å². The highest BCUT2D eigenvalue weighted by molar-refractivity contribution is 8.01. The maximum absolute atomic E-state index is 11.8. The van der Waals surface area contributed by atoms with Gasteiger partial charge in [0.05, 0.1) is 11.0 Å². The van der Waals surface area contributed by atoms with Gasteiger partial charge in [0, 0.05) is 30.1 Å². The van der Waals surface area contributed by atoms with Crippen LogP contribution in [0.5, 0.6) is 0 Å². The number of hydrogen-bond acceptors (Lipinski definition) is 5. The molecule has 0 spiro atoms. The summed E-state index contributed by atoms with van der Waals surface area (Å²) in [5.74, 6) is 1.45. The fourth-order valence-electron chi connectivity index (χ4n) is 3.72. The van der Waals surface area contributed by atoms with Gasteiger partial charge in [0.2, 0.25) is 0 Å². The van der Waals surface area contributed by atoms with Crippen molar-refractivity contribution in [1.82, 2.24) is 9.55 Å². The highest BCUT2D eigenvalue weighted by atomic mass is 32.2. The van der Waals surface area contributed by atoms with Gasteiger partial charge in [-0.3, -0.25) is 9.59 Å². The van der Waals surface area contributed by atoms with Gasteiger partial charge in [-0.25, -0.2) is 4.98 Å². The van der Waals surface area contributed by atoms with Crippen LogP contribution in [0, 0.1) is 5.92 Å². The Bertz CT molecular complexity index is 862. The van der Waals surface area contributed by atoms with Crippen LogP contribution in [0.4, 0.5) is 0 Å². The molecule has 0 amide bonds. The van der Waals surface area contributed by atoms with Crippen LogP contribution in [-0.4, -0.2) is 39.6 Å². The van der Waals surface area contributed by atoms with Crippen molar-refractivity contribution in [1.29, 1.82) is 0 Å². The molecule has 1 aromatic heterocycles. The van der Waals surface area contributed by atoms with Crippen molar-refractivity contribution in [3.05, 3.63) is 24.0 Å². The second-order valence-electron chi connectivity index (χ2n) is 8.72. The lowest BCUT2D eigenvalue weighted by Crippen LogP contribution is -2.25. The van der Waals surface area contributed by atoms with Gasteiger partial charge in [-0.05, 0) is 50.8 Å². The first kappa shape index (κ1) is 21.1. The smallest absolute Gasteiger partial charge is 0.150 e. The summed E-state index contributed by atoms with van der Waals surface area (Å²) in [5, 5.41) is -0.649. The monoisotopic (exact) mass is 402 g/mol. The van der Waals surface area contributed by atoms with E-state index in [1.54, 1.807) is 0 Å². The number of ketones is 2. The summed E-state index contributed by atoms with van der Waals surface area (Å²) in [5.41, 5.74) is 1.97. The molecule has 0 bridgehead atoms. The molecular weight excluding hydrogens is 372 g/mol. The van der Waals surface area contributed by atoms with E-state index in [1.165, 1.54) is 25.6 Å². The first-order valence-electron chi connectivity index (χ1n) is 9.93. The summed E-state index contributed by atoms with van der Waals surface area (Å²) in [6.07, 6.45) is 2.16. The summed E-state index contributed by atoms with van der Waals surface area (Å²) in [4.78, 5) is 29.4. The minimum Gasteiger partial charge on any atom is -0.381 e. The molecule has 2 aromatic rings. The van der Waals surface area contributed by atoms with E-state index in [0.29, 0.717) is 5.92 Å². The van der Waals surface area contributed by atoms with Gasteiger partial charge in [-0.1, -0.05) is 20.8 Å². The van der Waals surface area contributed by atoms with E-state index in [0.717, 1.165) is 54.4 Å². The first-order chi connectivity index (χ1) is 13.2. The van der Waals surface area contributed by atoms with Crippen LogP contribution in [0.25, 0.3) is 11.0 Å². The summed E-state index contributed by atoms with van der Waals surface area (Å²) in [7, 11) is 0. The van der Waals surface area contributed by atoms with E-state index in [4.69, 9.17) is 9.72 Å². The Morgan fingerprint density at radius 1 is 1.21 bits per heavy atom. The molecule has 1 fully saturated rings. The molecule has 5 nitrogen and oxygen atoms in total. The highest BCUT2D eigenvalue weighted by Crippen LogP contribution is 2.32. The van der Waals surface area contributed by atoms with Crippen molar-refractivity contribution in [3.8, 4) is 0 Å². The second-order valence-corrected chi connectivity index (χ2v) is 9.90. The Balaban J connectivity index is 1.97. The number of nitrogens with zero attached hydrogens (tertiary/aromatic N) is 2. The van der Waals surface area contributed by atoms with Crippen molar-refractivity contribution in [2.45, 2.75) is 69.6 Å². The average Bonchev–Trinajstić information content (AvgIpc) is 2.98. The average molecular weight is 403 g/mol. The summed E-state index contributed by atoms with van der Waals surface area (Å²) in [6.45, 7) is 12.1. The van der Waals surface area contributed by atoms with E-state index in [1.807, 2.05) is 12.1 Å². The van der Waals surface area contributed by atoms with Gasteiger partial charge in [0.25, 0.3) is 0 Å². The van der Waals surface area contributed by atoms with Crippen molar-refractivity contribution < 1.29 is 14.3 Å². The number of ether oxygens (including phenoxy) is 1. The molecule has 0 atom stereocenters. The van der Waals surface area contributed by atoms with Crippen LogP contribution in [0.1, 0.15) is 53.3 Å². The van der Waals surface area contributed by atoms with Gasteiger partial charge in [0.15, 0.2) is 11.6 Å². The van der Waals surface area contributed by atoms with Crippen LogP contribution < -0.4 is 0 Å². The SMILES string of the molecule is CC(=O)C(Sc1ccc2c(c1)nc(C(C)(C)C)n2CC1CCOCC1)C(C)=O. The molecule has 0 N–H and O–H groups in total. The van der Waals surface area contributed by atoms with Gasteiger partial charge < -0.3 is 9.30 Å².